The van der Waals surface area contributed by atoms with Crippen molar-refractivity contribution in [1.29, 1.82) is 0 Å². The Hall–Kier alpha value is -0.890. The molecule has 18 heavy (non-hydrogen) atoms. The van der Waals surface area contributed by atoms with E-state index >= 15 is 0 Å². The van der Waals surface area contributed by atoms with Gasteiger partial charge in [0, 0.05) is 12.2 Å². The lowest BCUT2D eigenvalue weighted by molar-refractivity contribution is 0.405. The van der Waals surface area contributed by atoms with Crippen molar-refractivity contribution in [1.82, 2.24) is 10.3 Å². The summed E-state index contributed by atoms with van der Waals surface area (Å²) in [6.07, 6.45) is 8.25. The maximum absolute atomic E-state index is 4.54. The van der Waals surface area contributed by atoms with Crippen molar-refractivity contribution in [2.24, 2.45) is 5.92 Å². The summed E-state index contributed by atoms with van der Waals surface area (Å²) in [5.41, 5.74) is 2.72. The lowest BCUT2D eigenvalue weighted by Gasteiger charge is -2.20. The molecule has 2 atom stereocenters. The molecular weight excluding hydrogens is 220 g/mol. The van der Waals surface area contributed by atoms with Crippen molar-refractivity contribution < 1.29 is 0 Å². The highest BCUT2D eigenvalue weighted by atomic mass is 15.0. The number of nitrogens with zero attached hydrogens (tertiary/aromatic N) is 1. The second kappa shape index (κ2) is 6.33. The van der Waals surface area contributed by atoms with Crippen LogP contribution >= 0.6 is 0 Å². The lowest BCUT2D eigenvalue weighted by Crippen LogP contribution is -2.29. The van der Waals surface area contributed by atoms with Gasteiger partial charge in [0.05, 0.1) is 11.7 Å². The summed E-state index contributed by atoms with van der Waals surface area (Å²) in [6.45, 7) is 6.91. The maximum Gasteiger partial charge on any atom is 0.0605 e. The number of fused-ring (bicyclic) bond motifs is 1. The van der Waals surface area contributed by atoms with Gasteiger partial charge in [-0.05, 0) is 43.7 Å². The molecule has 1 N–H and O–H groups in total. The summed E-state index contributed by atoms with van der Waals surface area (Å²) in [7, 11) is 0. The second-order valence-corrected chi connectivity index (χ2v) is 6.03. The minimum Gasteiger partial charge on any atom is -0.306 e. The molecule has 0 aromatic carbocycles. The normalized spacial score (nSPS) is 20.1. The lowest BCUT2D eigenvalue weighted by atomic mass is 10.0. The van der Waals surface area contributed by atoms with Crippen LogP contribution in [0.1, 0.15) is 63.8 Å². The van der Waals surface area contributed by atoms with E-state index in [0.717, 1.165) is 5.92 Å². The van der Waals surface area contributed by atoms with Gasteiger partial charge in [-0.2, -0.15) is 0 Å². The molecule has 1 aliphatic rings. The molecule has 0 saturated carbocycles. The predicted molar refractivity (Wildman–Crippen MR) is 76.6 cm³/mol. The van der Waals surface area contributed by atoms with Gasteiger partial charge in [-0.1, -0.05) is 32.8 Å². The summed E-state index contributed by atoms with van der Waals surface area (Å²) in [6, 6.07) is 5.35. The Balaban J connectivity index is 1.80. The smallest absolute Gasteiger partial charge is 0.0605 e. The highest BCUT2D eigenvalue weighted by molar-refractivity contribution is 5.27. The molecule has 0 aliphatic heterocycles. The van der Waals surface area contributed by atoms with Gasteiger partial charge in [0.2, 0.25) is 0 Å². The van der Waals surface area contributed by atoms with E-state index < -0.39 is 0 Å². The molecule has 0 saturated heterocycles. The third kappa shape index (κ3) is 3.55. The summed E-state index contributed by atoms with van der Waals surface area (Å²) >= 11 is 0. The van der Waals surface area contributed by atoms with Gasteiger partial charge in [0.1, 0.15) is 0 Å². The molecular formula is C16H26N2. The monoisotopic (exact) mass is 246 g/mol. The van der Waals surface area contributed by atoms with Crippen LogP contribution in [-0.4, -0.2) is 11.0 Å². The van der Waals surface area contributed by atoms with Crippen molar-refractivity contribution >= 4 is 0 Å². The molecule has 2 unspecified atom stereocenters. The molecule has 0 fully saturated rings. The molecule has 2 rings (SSSR count). The topological polar surface area (TPSA) is 24.9 Å². The molecule has 1 aromatic heterocycles. The predicted octanol–water partition coefficient (Wildman–Crippen LogP) is 3.87. The average Bonchev–Trinajstić information content (AvgIpc) is 2.72. The fourth-order valence-electron chi connectivity index (χ4n) is 2.83. The highest BCUT2D eigenvalue weighted by Crippen LogP contribution is 2.29. The third-order valence-electron chi connectivity index (χ3n) is 3.86. The van der Waals surface area contributed by atoms with E-state index in [-0.39, 0.29) is 0 Å². The molecule has 0 amide bonds. The van der Waals surface area contributed by atoms with Crippen LogP contribution in [0, 0.1) is 5.92 Å². The van der Waals surface area contributed by atoms with Crippen molar-refractivity contribution in [2.75, 3.05) is 0 Å². The number of hydrogen-bond donors (Lipinski definition) is 1. The van der Waals surface area contributed by atoms with Crippen molar-refractivity contribution in [3.8, 4) is 0 Å². The van der Waals surface area contributed by atoms with Gasteiger partial charge in [-0.25, -0.2) is 0 Å². The standard InChI is InChI=1S/C16H26N2/c1-12(2)6-4-7-13(3)18-15-10-9-14-8-5-11-17-16(14)15/h5,8,11-13,15,18H,4,6-7,9-10H2,1-3H3. The van der Waals surface area contributed by atoms with Gasteiger partial charge in [-0.3, -0.25) is 4.98 Å². The average molecular weight is 246 g/mol. The zero-order valence-corrected chi connectivity index (χ0v) is 11.9. The summed E-state index contributed by atoms with van der Waals surface area (Å²) in [5, 5.41) is 3.75. The molecule has 1 aliphatic carbocycles. The number of hydrogen-bond acceptors (Lipinski definition) is 2. The van der Waals surface area contributed by atoms with Crippen LogP contribution in [0.25, 0.3) is 0 Å². The Morgan fingerprint density at radius 2 is 2.17 bits per heavy atom. The van der Waals surface area contributed by atoms with Crippen molar-refractivity contribution in [3.05, 3.63) is 29.6 Å². The maximum atomic E-state index is 4.54. The second-order valence-electron chi connectivity index (χ2n) is 6.03. The Kier molecular flexibility index (Phi) is 4.76. The largest absolute Gasteiger partial charge is 0.306 e. The van der Waals surface area contributed by atoms with Gasteiger partial charge < -0.3 is 5.32 Å². The Morgan fingerprint density at radius 3 is 2.94 bits per heavy atom. The number of aryl methyl sites for hydroxylation is 1. The molecule has 0 radical (unpaired) electrons. The summed E-state index contributed by atoms with van der Waals surface area (Å²) < 4.78 is 0. The van der Waals surface area contributed by atoms with Crippen LogP contribution < -0.4 is 5.32 Å². The molecule has 0 spiro atoms. The summed E-state index contributed by atoms with van der Waals surface area (Å²) in [4.78, 5) is 4.54. The van der Waals surface area contributed by atoms with Gasteiger partial charge in [0.15, 0.2) is 0 Å². The fraction of sp³-hybridized carbons (Fsp3) is 0.688. The Bertz CT molecular complexity index is 373. The van der Waals surface area contributed by atoms with Crippen LogP contribution in [-0.2, 0) is 6.42 Å². The molecule has 1 heterocycles. The Morgan fingerprint density at radius 1 is 1.33 bits per heavy atom. The molecule has 0 bridgehead atoms. The first-order chi connectivity index (χ1) is 8.66. The van der Waals surface area contributed by atoms with Gasteiger partial charge >= 0.3 is 0 Å². The number of aromatic nitrogens is 1. The van der Waals surface area contributed by atoms with E-state index in [4.69, 9.17) is 0 Å². The molecule has 2 heteroatoms. The van der Waals surface area contributed by atoms with Gasteiger partial charge in [0.25, 0.3) is 0 Å². The molecule has 1 aromatic rings. The van der Waals surface area contributed by atoms with E-state index in [1.165, 1.54) is 43.4 Å². The van der Waals surface area contributed by atoms with Crippen LogP contribution in [0.2, 0.25) is 0 Å². The van der Waals surface area contributed by atoms with E-state index in [1.807, 2.05) is 12.3 Å². The van der Waals surface area contributed by atoms with E-state index in [0.29, 0.717) is 12.1 Å². The zero-order chi connectivity index (χ0) is 13.0. The van der Waals surface area contributed by atoms with Crippen LogP contribution in [0.5, 0.6) is 0 Å². The Labute approximate surface area is 111 Å². The van der Waals surface area contributed by atoms with E-state index in [9.17, 15) is 0 Å². The zero-order valence-electron chi connectivity index (χ0n) is 11.9. The number of pyridine rings is 1. The summed E-state index contributed by atoms with van der Waals surface area (Å²) in [5.74, 6) is 0.825. The highest BCUT2D eigenvalue weighted by Gasteiger charge is 2.24. The van der Waals surface area contributed by atoms with Gasteiger partial charge in [-0.15, -0.1) is 0 Å². The minimum absolute atomic E-state index is 0.482. The first kappa shape index (κ1) is 13.5. The first-order valence-corrected chi connectivity index (χ1v) is 7.36. The van der Waals surface area contributed by atoms with Crippen LogP contribution in [0.15, 0.2) is 18.3 Å². The molecule has 2 nitrogen and oxygen atoms in total. The van der Waals surface area contributed by atoms with E-state index in [2.05, 4.69) is 37.1 Å². The minimum atomic E-state index is 0.482. The SMILES string of the molecule is CC(C)CCCC(C)NC1CCc2cccnc21. The quantitative estimate of drug-likeness (QED) is 0.824. The molecule has 100 valence electrons. The van der Waals surface area contributed by atoms with E-state index in [1.54, 1.807) is 0 Å². The van der Waals surface area contributed by atoms with Crippen LogP contribution in [0.3, 0.4) is 0 Å². The fourth-order valence-corrected chi connectivity index (χ4v) is 2.83. The number of rotatable bonds is 6. The van der Waals surface area contributed by atoms with Crippen molar-refractivity contribution in [3.63, 3.8) is 0 Å². The third-order valence-corrected chi connectivity index (χ3v) is 3.86. The number of nitrogens with one attached hydrogen (secondary N) is 1. The first-order valence-electron chi connectivity index (χ1n) is 7.36. The van der Waals surface area contributed by atoms with Crippen LogP contribution in [0.4, 0.5) is 0 Å². The van der Waals surface area contributed by atoms with Crippen molar-refractivity contribution in [2.45, 2.75) is 65.0 Å².